The molecule has 0 N–H and O–H groups in total. The summed E-state index contributed by atoms with van der Waals surface area (Å²) < 4.78 is 17.0. The van der Waals surface area contributed by atoms with Crippen LogP contribution in [0.4, 0.5) is 0 Å². The van der Waals surface area contributed by atoms with Gasteiger partial charge in [0.05, 0.1) is 0 Å². The maximum absolute atomic E-state index is 12.9. The number of rotatable bonds is 61. The van der Waals surface area contributed by atoms with Crippen LogP contribution in [0.2, 0.25) is 0 Å². The fourth-order valence-electron chi connectivity index (χ4n) is 9.83. The molecule has 1 atom stereocenters. The Morgan fingerprint density at radius 2 is 0.513 bits per heavy atom. The Bertz CT molecular complexity index is 1360. The van der Waals surface area contributed by atoms with Crippen molar-refractivity contribution in [2.75, 3.05) is 13.2 Å². The van der Waals surface area contributed by atoms with Crippen molar-refractivity contribution >= 4 is 17.9 Å². The van der Waals surface area contributed by atoms with E-state index >= 15 is 0 Å². The molecule has 0 saturated heterocycles. The summed E-state index contributed by atoms with van der Waals surface area (Å²) in [4.78, 5) is 38.3. The first-order valence-corrected chi connectivity index (χ1v) is 33.3. The third-order valence-electron chi connectivity index (χ3n) is 14.8. The fraction of sp³-hybridized carbons (Fsp3) is 0.814. The molecular formula is C70H126O6. The van der Waals surface area contributed by atoms with Gasteiger partial charge in [-0.05, 0) is 64.2 Å². The summed E-state index contributed by atoms with van der Waals surface area (Å²) in [6.07, 6.45) is 82.3. The molecule has 0 bridgehead atoms. The molecule has 0 aliphatic heterocycles. The number of carbonyl (C=O) groups excluding carboxylic acids is 3. The predicted molar refractivity (Wildman–Crippen MR) is 330 cm³/mol. The number of esters is 3. The molecule has 1 unspecified atom stereocenters. The van der Waals surface area contributed by atoms with Gasteiger partial charge in [0.25, 0.3) is 0 Å². The maximum Gasteiger partial charge on any atom is 0.306 e. The topological polar surface area (TPSA) is 78.9 Å². The van der Waals surface area contributed by atoms with Crippen LogP contribution in [0.25, 0.3) is 0 Å². The minimum atomic E-state index is -0.772. The zero-order valence-electron chi connectivity index (χ0n) is 50.8. The quantitative estimate of drug-likeness (QED) is 0.0261. The van der Waals surface area contributed by atoms with Gasteiger partial charge in [-0.25, -0.2) is 0 Å². The summed E-state index contributed by atoms with van der Waals surface area (Å²) in [7, 11) is 0. The Labute approximate surface area is 472 Å². The minimum Gasteiger partial charge on any atom is -0.462 e. The lowest BCUT2D eigenvalue weighted by atomic mass is 10.0. The lowest BCUT2D eigenvalue weighted by Crippen LogP contribution is -2.30. The van der Waals surface area contributed by atoms with E-state index in [2.05, 4.69) is 81.5 Å². The van der Waals surface area contributed by atoms with Crippen LogP contribution < -0.4 is 0 Å². The summed E-state index contributed by atoms with van der Waals surface area (Å²) in [6.45, 7) is 6.58. The first kappa shape index (κ1) is 73.1. The van der Waals surface area contributed by atoms with Crippen LogP contribution in [0.5, 0.6) is 0 Å². The molecule has 0 rings (SSSR count). The van der Waals surface area contributed by atoms with E-state index in [4.69, 9.17) is 14.2 Å². The standard InChI is InChI=1S/C70H126O6/c1-4-7-10-13-16-19-22-25-28-30-31-32-33-34-35-36-37-38-39-41-42-45-48-51-54-57-60-63-69(72)75-66-67(65-74-68(71)62-59-56-53-50-47-44-27-24-21-18-15-12-9-6-3)76-70(73)64-61-58-55-52-49-46-43-40-29-26-23-20-17-14-11-8-5-2/h7,10,16,19,25,28,31-32,34-35,67H,4-6,8-9,11-15,17-18,20-24,26-27,29-30,33,36-66H2,1-3H3/b10-7-,19-16-,28-25-,32-31-,35-34-. The van der Waals surface area contributed by atoms with Crippen LogP contribution in [0, 0.1) is 0 Å². The monoisotopic (exact) mass is 1060 g/mol. The minimum absolute atomic E-state index is 0.0688. The number of unbranched alkanes of at least 4 members (excludes halogenated alkanes) is 40. The van der Waals surface area contributed by atoms with Gasteiger partial charge < -0.3 is 14.2 Å². The molecule has 0 heterocycles. The molecule has 0 aromatic carbocycles. The first-order valence-electron chi connectivity index (χ1n) is 33.3. The van der Waals surface area contributed by atoms with E-state index in [-0.39, 0.29) is 31.1 Å². The highest BCUT2D eigenvalue weighted by atomic mass is 16.6. The fourth-order valence-corrected chi connectivity index (χ4v) is 9.83. The van der Waals surface area contributed by atoms with Crippen molar-refractivity contribution in [1.82, 2.24) is 0 Å². The Morgan fingerprint density at radius 1 is 0.276 bits per heavy atom. The number of allylic oxidation sites excluding steroid dienone is 10. The molecule has 0 amide bonds. The largest absolute Gasteiger partial charge is 0.462 e. The smallest absolute Gasteiger partial charge is 0.306 e. The molecule has 0 saturated carbocycles. The van der Waals surface area contributed by atoms with Gasteiger partial charge in [0.15, 0.2) is 6.10 Å². The van der Waals surface area contributed by atoms with Crippen molar-refractivity contribution in [2.24, 2.45) is 0 Å². The van der Waals surface area contributed by atoms with Crippen molar-refractivity contribution in [2.45, 2.75) is 354 Å². The van der Waals surface area contributed by atoms with Crippen LogP contribution in [0.15, 0.2) is 60.8 Å². The first-order chi connectivity index (χ1) is 37.5. The lowest BCUT2D eigenvalue weighted by Gasteiger charge is -2.18. The Balaban J connectivity index is 4.26. The molecule has 6 heteroatoms. The second-order valence-electron chi connectivity index (χ2n) is 22.4. The zero-order chi connectivity index (χ0) is 55.0. The van der Waals surface area contributed by atoms with Crippen LogP contribution in [0.1, 0.15) is 348 Å². The third-order valence-corrected chi connectivity index (χ3v) is 14.8. The van der Waals surface area contributed by atoms with Crippen molar-refractivity contribution < 1.29 is 28.6 Å². The zero-order valence-corrected chi connectivity index (χ0v) is 50.8. The second kappa shape index (κ2) is 64.6. The summed E-state index contributed by atoms with van der Waals surface area (Å²) in [5.41, 5.74) is 0. The molecule has 6 nitrogen and oxygen atoms in total. The van der Waals surface area contributed by atoms with E-state index in [0.29, 0.717) is 19.3 Å². The average Bonchev–Trinajstić information content (AvgIpc) is 3.42. The predicted octanol–water partition coefficient (Wildman–Crippen LogP) is 22.7. The van der Waals surface area contributed by atoms with E-state index < -0.39 is 6.10 Å². The van der Waals surface area contributed by atoms with E-state index in [1.54, 1.807) is 0 Å². The Morgan fingerprint density at radius 3 is 0.803 bits per heavy atom. The highest BCUT2D eigenvalue weighted by molar-refractivity contribution is 5.71. The molecule has 0 aliphatic rings. The van der Waals surface area contributed by atoms with Gasteiger partial charge in [-0.1, -0.05) is 326 Å². The molecule has 0 aliphatic carbocycles. The summed E-state index contributed by atoms with van der Waals surface area (Å²) in [6, 6.07) is 0. The van der Waals surface area contributed by atoms with Gasteiger partial charge in [-0.3, -0.25) is 14.4 Å². The number of ether oxygens (including phenoxy) is 3. The summed E-state index contributed by atoms with van der Waals surface area (Å²) in [5.74, 6) is -0.848. The number of hydrogen-bond donors (Lipinski definition) is 0. The van der Waals surface area contributed by atoms with Gasteiger partial charge in [0, 0.05) is 19.3 Å². The van der Waals surface area contributed by atoms with Gasteiger partial charge >= 0.3 is 17.9 Å². The van der Waals surface area contributed by atoms with E-state index in [1.165, 1.54) is 218 Å². The van der Waals surface area contributed by atoms with Gasteiger partial charge in [0.1, 0.15) is 13.2 Å². The molecule has 442 valence electrons. The average molecular weight is 1060 g/mol. The highest BCUT2D eigenvalue weighted by Crippen LogP contribution is 2.18. The number of carbonyl (C=O) groups is 3. The van der Waals surface area contributed by atoms with Crippen molar-refractivity contribution in [3.8, 4) is 0 Å². The molecule has 76 heavy (non-hydrogen) atoms. The van der Waals surface area contributed by atoms with Crippen LogP contribution in [-0.4, -0.2) is 37.2 Å². The van der Waals surface area contributed by atoms with Crippen LogP contribution >= 0.6 is 0 Å². The van der Waals surface area contributed by atoms with Crippen LogP contribution in [-0.2, 0) is 28.6 Å². The van der Waals surface area contributed by atoms with Gasteiger partial charge in [-0.15, -0.1) is 0 Å². The lowest BCUT2D eigenvalue weighted by molar-refractivity contribution is -0.167. The number of hydrogen-bond acceptors (Lipinski definition) is 6. The second-order valence-corrected chi connectivity index (χ2v) is 22.4. The maximum atomic E-state index is 12.9. The molecule has 0 spiro atoms. The molecule has 0 aromatic heterocycles. The molecular weight excluding hydrogens is 937 g/mol. The van der Waals surface area contributed by atoms with Crippen molar-refractivity contribution in [1.29, 1.82) is 0 Å². The highest BCUT2D eigenvalue weighted by Gasteiger charge is 2.19. The summed E-state index contributed by atoms with van der Waals surface area (Å²) in [5, 5.41) is 0. The van der Waals surface area contributed by atoms with E-state index in [1.807, 2.05) is 0 Å². The molecule has 0 radical (unpaired) electrons. The normalized spacial score (nSPS) is 12.4. The third kappa shape index (κ3) is 62.0. The van der Waals surface area contributed by atoms with E-state index in [0.717, 1.165) is 89.9 Å². The SMILES string of the molecule is CC/C=C\C/C=C\C/C=C\C/C=C\C/C=C\CCCCCCCCCCCCCC(=O)OCC(COC(=O)CCCCCCCCCCCCCCCC)OC(=O)CCCCCCCCCCCCCCCCCCC. The van der Waals surface area contributed by atoms with E-state index in [9.17, 15) is 14.4 Å². The van der Waals surface area contributed by atoms with Gasteiger partial charge in [-0.2, -0.15) is 0 Å². The van der Waals surface area contributed by atoms with Crippen molar-refractivity contribution in [3.05, 3.63) is 60.8 Å². The Kier molecular flexibility index (Phi) is 62.2. The summed E-state index contributed by atoms with van der Waals surface area (Å²) >= 11 is 0. The van der Waals surface area contributed by atoms with Gasteiger partial charge in [0.2, 0.25) is 0 Å². The molecule has 0 fully saturated rings. The van der Waals surface area contributed by atoms with Crippen molar-refractivity contribution in [3.63, 3.8) is 0 Å². The van der Waals surface area contributed by atoms with Crippen LogP contribution in [0.3, 0.4) is 0 Å². The molecule has 0 aromatic rings. The Hall–Kier alpha value is -2.89.